The number of ether oxygens (including phenoxy) is 1. The third-order valence-electron chi connectivity index (χ3n) is 4.50. The molecule has 1 fully saturated rings. The summed E-state index contributed by atoms with van der Waals surface area (Å²) in [5.74, 6) is 0.897. The van der Waals surface area contributed by atoms with Crippen molar-refractivity contribution in [2.45, 2.75) is 25.1 Å². The fourth-order valence-corrected chi connectivity index (χ4v) is 3.19. The predicted octanol–water partition coefficient (Wildman–Crippen LogP) is 3.03. The van der Waals surface area contributed by atoms with Gasteiger partial charge in [0.25, 0.3) is 0 Å². The van der Waals surface area contributed by atoms with Crippen LogP contribution in [0.15, 0.2) is 36.4 Å². The zero-order valence-corrected chi connectivity index (χ0v) is 11.5. The van der Waals surface area contributed by atoms with Crippen LogP contribution < -0.4 is 10.1 Å². The molecule has 2 atom stereocenters. The molecule has 1 saturated heterocycles. The summed E-state index contributed by atoms with van der Waals surface area (Å²) < 4.78 is 6.25. The van der Waals surface area contributed by atoms with Gasteiger partial charge in [0.2, 0.25) is 0 Å². The Hall–Kier alpha value is -2.23. The summed E-state index contributed by atoms with van der Waals surface area (Å²) in [5.41, 5.74) is 0.493. The minimum absolute atomic E-state index is 0.0251. The van der Waals surface area contributed by atoms with Crippen LogP contribution in [0.3, 0.4) is 0 Å². The summed E-state index contributed by atoms with van der Waals surface area (Å²) in [4.78, 5) is 13.7. The van der Waals surface area contributed by atoms with E-state index in [0.29, 0.717) is 0 Å². The van der Waals surface area contributed by atoms with Crippen molar-refractivity contribution in [3.8, 4) is 5.75 Å². The maximum absolute atomic E-state index is 12.0. The van der Waals surface area contributed by atoms with Crippen molar-refractivity contribution in [2.75, 3.05) is 7.05 Å². The summed E-state index contributed by atoms with van der Waals surface area (Å²) in [6, 6.07) is 12.3. The highest BCUT2D eigenvalue weighted by atomic mass is 16.5. The molecule has 2 heterocycles. The van der Waals surface area contributed by atoms with E-state index in [4.69, 9.17) is 4.74 Å². The molecule has 2 aliphatic rings. The molecule has 20 heavy (non-hydrogen) atoms. The molecule has 2 bridgehead atoms. The smallest absolute Gasteiger partial charge is 0.320 e. The van der Waals surface area contributed by atoms with E-state index in [1.54, 1.807) is 11.9 Å². The molecular formula is C16H16N2O2. The van der Waals surface area contributed by atoms with E-state index in [1.165, 1.54) is 0 Å². The molecule has 1 N–H and O–H groups in total. The van der Waals surface area contributed by atoms with Gasteiger partial charge in [0, 0.05) is 24.4 Å². The third-order valence-corrected chi connectivity index (χ3v) is 4.50. The van der Waals surface area contributed by atoms with Gasteiger partial charge in [0.15, 0.2) is 5.72 Å². The van der Waals surface area contributed by atoms with Crippen molar-refractivity contribution in [1.82, 2.24) is 10.2 Å². The Morgan fingerprint density at radius 2 is 2.10 bits per heavy atom. The number of carbonyl (C=O) groups is 1. The zero-order valence-electron chi connectivity index (χ0n) is 11.5. The summed E-state index contributed by atoms with van der Waals surface area (Å²) in [5, 5.41) is 5.31. The van der Waals surface area contributed by atoms with Crippen molar-refractivity contribution in [2.24, 2.45) is 0 Å². The molecule has 4 nitrogen and oxygen atoms in total. The lowest BCUT2D eigenvalue weighted by atomic mass is 9.89. The number of hydrogen-bond donors (Lipinski definition) is 1. The van der Waals surface area contributed by atoms with Gasteiger partial charge in [0.05, 0.1) is 6.04 Å². The molecule has 0 spiro atoms. The molecule has 0 radical (unpaired) electrons. The maximum atomic E-state index is 12.0. The van der Waals surface area contributed by atoms with Crippen molar-refractivity contribution in [3.05, 3.63) is 42.0 Å². The predicted molar refractivity (Wildman–Crippen MR) is 76.6 cm³/mol. The SMILES string of the molecule is CN1C(=O)NC2CC1(C)Oc1c2ccc2ccccc12. The highest BCUT2D eigenvalue weighted by Gasteiger charge is 2.47. The second kappa shape index (κ2) is 3.66. The van der Waals surface area contributed by atoms with Gasteiger partial charge >= 0.3 is 6.03 Å². The molecule has 4 rings (SSSR count). The summed E-state index contributed by atoms with van der Waals surface area (Å²) in [7, 11) is 1.78. The van der Waals surface area contributed by atoms with Gasteiger partial charge in [-0.15, -0.1) is 0 Å². The van der Waals surface area contributed by atoms with E-state index in [-0.39, 0.29) is 12.1 Å². The Labute approximate surface area is 117 Å². The lowest BCUT2D eigenvalue weighted by molar-refractivity contribution is -0.0707. The van der Waals surface area contributed by atoms with Crippen LogP contribution >= 0.6 is 0 Å². The molecule has 2 amide bonds. The van der Waals surface area contributed by atoms with Gasteiger partial charge < -0.3 is 10.1 Å². The third kappa shape index (κ3) is 1.39. The second-order valence-electron chi connectivity index (χ2n) is 5.75. The highest BCUT2D eigenvalue weighted by molar-refractivity contribution is 5.90. The molecule has 0 aliphatic carbocycles. The van der Waals surface area contributed by atoms with Crippen LogP contribution in [0.5, 0.6) is 5.75 Å². The van der Waals surface area contributed by atoms with Gasteiger partial charge in [-0.3, -0.25) is 4.90 Å². The number of amides is 2. The Bertz CT molecular complexity index is 727. The van der Waals surface area contributed by atoms with Gasteiger partial charge in [-0.25, -0.2) is 4.79 Å². The van der Waals surface area contributed by atoms with Gasteiger partial charge in [-0.1, -0.05) is 36.4 Å². The number of nitrogens with zero attached hydrogens (tertiary/aromatic N) is 1. The van der Waals surface area contributed by atoms with E-state index in [0.717, 1.165) is 28.5 Å². The van der Waals surface area contributed by atoms with Crippen LogP contribution in [-0.4, -0.2) is 23.7 Å². The van der Waals surface area contributed by atoms with Crippen LogP contribution in [-0.2, 0) is 0 Å². The Kier molecular flexibility index (Phi) is 2.12. The molecule has 0 aromatic heterocycles. The van der Waals surface area contributed by atoms with Crippen LogP contribution in [0.1, 0.15) is 24.9 Å². The lowest BCUT2D eigenvalue weighted by Crippen LogP contribution is -2.63. The largest absolute Gasteiger partial charge is 0.467 e. The molecule has 2 aliphatic heterocycles. The first-order chi connectivity index (χ1) is 9.58. The molecule has 0 saturated carbocycles. The quantitative estimate of drug-likeness (QED) is 0.798. The number of hydrogen-bond acceptors (Lipinski definition) is 2. The van der Waals surface area contributed by atoms with Gasteiger partial charge in [-0.2, -0.15) is 0 Å². The average Bonchev–Trinajstić information content (AvgIpc) is 2.45. The fourth-order valence-electron chi connectivity index (χ4n) is 3.19. The number of rotatable bonds is 0. The van der Waals surface area contributed by atoms with E-state index in [1.807, 2.05) is 19.1 Å². The number of urea groups is 1. The van der Waals surface area contributed by atoms with Crippen molar-refractivity contribution in [3.63, 3.8) is 0 Å². The van der Waals surface area contributed by atoms with E-state index >= 15 is 0 Å². The number of nitrogens with one attached hydrogen (secondary N) is 1. The van der Waals surface area contributed by atoms with Crippen molar-refractivity contribution >= 4 is 16.8 Å². The first-order valence-corrected chi connectivity index (χ1v) is 6.83. The fraction of sp³-hybridized carbons (Fsp3) is 0.312. The van der Waals surface area contributed by atoms with Crippen LogP contribution in [0.4, 0.5) is 4.79 Å². The van der Waals surface area contributed by atoms with Crippen LogP contribution in [0.2, 0.25) is 0 Å². The molecule has 102 valence electrons. The Morgan fingerprint density at radius 3 is 2.95 bits per heavy atom. The maximum Gasteiger partial charge on any atom is 0.320 e. The van der Waals surface area contributed by atoms with E-state index < -0.39 is 5.72 Å². The van der Waals surface area contributed by atoms with Crippen molar-refractivity contribution < 1.29 is 9.53 Å². The second-order valence-corrected chi connectivity index (χ2v) is 5.75. The normalized spacial score (nSPS) is 27.8. The topological polar surface area (TPSA) is 41.6 Å². The number of benzene rings is 2. The highest BCUT2D eigenvalue weighted by Crippen LogP contribution is 2.46. The van der Waals surface area contributed by atoms with E-state index in [9.17, 15) is 4.79 Å². The Balaban J connectivity index is 1.97. The molecule has 2 unspecified atom stereocenters. The van der Waals surface area contributed by atoms with E-state index in [2.05, 4.69) is 29.6 Å². The monoisotopic (exact) mass is 268 g/mol. The first kappa shape index (κ1) is 11.6. The standard InChI is InChI=1S/C16H16N2O2/c1-16-9-13(17-15(19)18(16)2)12-8-7-10-5-3-4-6-11(10)14(12)20-16/h3-8,13H,9H2,1-2H3,(H,17,19). The molecule has 2 aromatic carbocycles. The van der Waals surface area contributed by atoms with Gasteiger partial charge in [0.1, 0.15) is 5.75 Å². The molecule has 4 heteroatoms. The summed E-state index contributed by atoms with van der Waals surface area (Å²) in [6.07, 6.45) is 0.764. The minimum Gasteiger partial charge on any atom is -0.467 e. The summed E-state index contributed by atoms with van der Waals surface area (Å²) >= 11 is 0. The molecule has 2 aromatic rings. The first-order valence-electron chi connectivity index (χ1n) is 6.83. The van der Waals surface area contributed by atoms with Crippen LogP contribution in [0.25, 0.3) is 10.8 Å². The Morgan fingerprint density at radius 1 is 1.30 bits per heavy atom. The average molecular weight is 268 g/mol. The molecular weight excluding hydrogens is 252 g/mol. The summed E-state index contributed by atoms with van der Waals surface area (Å²) in [6.45, 7) is 1.98. The number of carbonyl (C=O) groups excluding carboxylic acids is 1. The lowest BCUT2D eigenvalue weighted by Gasteiger charge is -2.49. The van der Waals surface area contributed by atoms with Crippen molar-refractivity contribution in [1.29, 1.82) is 0 Å². The van der Waals surface area contributed by atoms with Crippen LogP contribution in [0, 0.1) is 0 Å². The minimum atomic E-state index is -0.579. The van der Waals surface area contributed by atoms with Gasteiger partial charge in [-0.05, 0) is 12.3 Å². The number of fused-ring (bicyclic) bond motifs is 6. The zero-order chi connectivity index (χ0) is 13.9.